The van der Waals surface area contributed by atoms with Crippen molar-refractivity contribution in [2.75, 3.05) is 0 Å². The summed E-state index contributed by atoms with van der Waals surface area (Å²) >= 11 is 5.72. The Morgan fingerprint density at radius 1 is 1.12 bits per heavy atom. The van der Waals surface area contributed by atoms with Crippen molar-refractivity contribution in [3.63, 3.8) is 0 Å². The van der Waals surface area contributed by atoms with Gasteiger partial charge in [0.1, 0.15) is 6.04 Å². The van der Waals surface area contributed by atoms with E-state index in [4.69, 9.17) is 17.3 Å². The predicted molar refractivity (Wildman–Crippen MR) is 63.0 cm³/mol. The molecule has 1 aromatic carbocycles. The average molecular weight is 266 g/mol. The van der Waals surface area contributed by atoms with E-state index in [1.807, 2.05) is 12.1 Å². The quantitative estimate of drug-likeness (QED) is 0.802. The van der Waals surface area contributed by atoms with Crippen LogP contribution in [0.4, 0.5) is 13.2 Å². The number of benzene rings is 1. The second-order valence-electron chi connectivity index (χ2n) is 4.02. The molecule has 17 heavy (non-hydrogen) atoms. The van der Waals surface area contributed by atoms with Gasteiger partial charge in [0, 0.05) is 5.02 Å². The van der Waals surface area contributed by atoms with Crippen molar-refractivity contribution < 1.29 is 13.2 Å². The molecule has 1 nitrogen and oxygen atoms in total. The van der Waals surface area contributed by atoms with Crippen molar-refractivity contribution in [1.29, 1.82) is 0 Å². The SMILES string of the molecule is N[C@@H](CCCCc1ccc(Cl)cc1)C(F)(F)F. The van der Waals surface area contributed by atoms with Gasteiger partial charge in [-0.15, -0.1) is 0 Å². The third-order valence-corrected chi connectivity index (χ3v) is 2.82. The van der Waals surface area contributed by atoms with Crippen LogP contribution in [0.3, 0.4) is 0 Å². The van der Waals surface area contributed by atoms with Crippen molar-refractivity contribution in [1.82, 2.24) is 0 Å². The standard InChI is InChI=1S/C12H15ClF3N/c13-10-7-5-9(6-8-10)3-1-2-4-11(17)12(14,15)16/h5-8,11H,1-4,17H2/t11-/m0/s1. The van der Waals surface area contributed by atoms with E-state index in [1.54, 1.807) is 12.1 Å². The molecule has 0 aliphatic rings. The zero-order valence-corrected chi connectivity index (χ0v) is 10.1. The van der Waals surface area contributed by atoms with E-state index in [1.165, 1.54) is 0 Å². The summed E-state index contributed by atoms with van der Waals surface area (Å²) in [4.78, 5) is 0. The fourth-order valence-corrected chi connectivity index (χ4v) is 1.63. The van der Waals surface area contributed by atoms with Gasteiger partial charge in [-0.3, -0.25) is 0 Å². The van der Waals surface area contributed by atoms with Crippen LogP contribution in [0.2, 0.25) is 5.02 Å². The van der Waals surface area contributed by atoms with Gasteiger partial charge in [-0.1, -0.05) is 30.2 Å². The smallest absolute Gasteiger partial charge is 0.320 e. The summed E-state index contributed by atoms with van der Waals surface area (Å²) in [6, 6.07) is 5.61. The Balaban J connectivity index is 2.23. The number of aryl methyl sites for hydroxylation is 1. The van der Waals surface area contributed by atoms with E-state index in [0.29, 0.717) is 17.9 Å². The average Bonchev–Trinajstić information content (AvgIpc) is 2.25. The largest absolute Gasteiger partial charge is 0.403 e. The number of hydrogen-bond donors (Lipinski definition) is 1. The summed E-state index contributed by atoms with van der Waals surface area (Å²) in [5.74, 6) is 0. The van der Waals surface area contributed by atoms with Crippen LogP contribution in [0.1, 0.15) is 24.8 Å². The first-order chi connectivity index (χ1) is 7.89. The van der Waals surface area contributed by atoms with Crippen molar-refractivity contribution in [3.05, 3.63) is 34.9 Å². The molecule has 1 aromatic rings. The summed E-state index contributed by atoms with van der Waals surface area (Å²) in [6.07, 6.45) is -2.37. The second kappa shape index (κ2) is 6.26. The van der Waals surface area contributed by atoms with E-state index in [2.05, 4.69) is 0 Å². The van der Waals surface area contributed by atoms with E-state index in [9.17, 15) is 13.2 Å². The molecule has 0 radical (unpaired) electrons. The molecular formula is C12H15ClF3N. The molecule has 0 bridgehead atoms. The van der Waals surface area contributed by atoms with E-state index >= 15 is 0 Å². The van der Waals surface area contributed by atoms with Gasteiger partial charge in [-0.2, -0.15) is 13.2 Å². The van der Waals surface area contributed by atoms with Gasteiger partial charge < -0.3 is 5.73 Å². The molecule has 0 saturated carbocycles. The highest BCUT2D eigenvalue weighted by molar-refractivity contribution is 6.30. The van der Waals surface area contributed by atoms with Gasteiger partial charge in [-0.05, 0) is 37.0 Å². The maximum atomic E-state index is 12.1. The number of rotatable bonds is 5. The zero-order valence-electron chi connectivity index (χ0n) is 9.30. The van der Waals surface area contributed by atoms with Crippen molar-refractivity contribution in [2.24, 2.45) is 5.73 Å². The van der Waals surface area contributed by atoms with Crippen LogP contribution < -0.4 is 5.73 Å². The molecule has 0 heterocycles. The van der Waals surface area contributed by atoms with E-state index in [-0.39, 0.29) is 6.42 Å². The Kier molecular flexibility index (Phi) is 5.28. The van der Waals surface area contributed by atoms with Crippen LogP contribution in [0.5, 0.6) is 0 Å². The van der Waals surface area contributed by atoms with Crippen LogP contribution in [0.15, 0.2) is 24.3 Å². The normalized spacial score (nSPS) is 13.7. The van der Waals surface area contributed by atoms with Crippen LogP contribution in [0, 0.1) is 0 Å². The number of nitrogens with two attached hydrogens (primary N) is 1. The molecule has 0 aliphatic heterocycles. The number of hydrogen-bond acceptors (Lipinski definition) is 1. The van der Waals surface area contributed by atoms with Gasteiger partial charge in [0.25, 0.3) is 0 Å². The summed E-state index contributed by atoms with van der Waals surface area (Å²) in [6.45, 7) is 0. The van der Waals surface area contributed by atoms with Crippen molar-refractivity contribution in [2.45, 2.75) is 37.9 Å². The minimum atomic E-state index is -4.28. The Hall–Kier alpha value is -0.740. The topological polar surface area (TPSA) is 26.0 Å². The first-order valence-corrected chi connectivity index (χ1v) is 5.84. The fraction of sp³-hybridized carbons (Fsp3) is 0.500. The molecule has 0 spiro atoms. The third kappa shape index (κ3) is 5.41. The van der Waals surface area contributed by atoms with Gasteiger partial charge in [0.15, 0.2) is 0 Å². The highest BCUT2D eigenvalue weighted by Gasteiger charge is 2.35. The first kappa shape index (κ1) is 14.3. The lowest BCUT2D eigenvalue weighted by Gasteiger charge is -2.14. The van der Waals surface area contributed by atoms with Gasteiger partial charge in [0.05, 0.1) is 0 Å². The monoisotopic (exact) mass is 265 g/mol. The number of unbranched alkanes of at least 4 members (excludes halogenated alkanes) is 1. The maximum absolute atomic E-state index is 12.1. The predicted octanol–water partition coefficient (Wildman–Crippen LogP) is 3.94. The summed E-state index contributed by atoms with van der Waals surface area (Å²) in [5.41, 5.74) is 6.09. The second-order valence-corrected chi connectivity index (χ2v) is 4.46. The molecule has 0 fully saturated rings. The maximum Gasteiger partial charge on any atom is 0.403 e. The minimum Gasteiger partial charge on any atom is -0.320 e. The lowest BCUT2D eigenvalue weighted by molar-refractivity contribution is -0.149. The molecule has 0 unspecified atom stereocenters. The van der Waals surface area contributed by atoms with Crippen LogP contribution >= 0.6 is 11.6 Å². The summed E-state index contributed by atoms with van der Waals surface area (Å²) < 4.78 is 36.3. The van der Waals surface area contributed by atoms with Gasteiger partial charge in [-0.25, -0.2) is 0 Å². The third-order valence-electron chi connectivity index (χ3n) is 2.56. The van der Waals surface area contributed by atoms with Crippen LogP contribution in [0.25, 0.3) is 0 Å². The highest BCUT2D eigenvalue weighted by Crippen LogP contribution is 2.22. The molecule has 0 saturated heterocycles. The first-order valence-electron chi connectivity index (χ1n) is 5.46. The van der Waals surface area contributed by atoms with Crippen LogP contribution in [-0.2, 0) is 6.42 Å². The Bertz CT molecular complexity index is 335. The van der Waals surface area contributed by atoms with Crippen molar-refractivity contribution >= 4 is 11.6 Å². The Morgan fingerprint density at radius 2 is 1.71 bits per heavy atom. The Labute approximate surface area is 104 Å². The molecule has 5 heteroatoms. The zero-order chi connectivity index (χ0) is 12.9. The number of alkyl halides is 3. The molecule has 0 amide bonds. The fourth-order valence-electron chi connectivity index (χ4n) is 1.51. The molecule has 96 valence electrons. The number of halogens is 4. The molecule has 1 atom stereocenters. The molecule has 0 aliphatic carbocycles. The van der Waals surface area contributed by atoms with E-state index < -0.39 is 12.2 Å². The molecular weight excluding hydrogens is 251 g/mol. The highest BCUT2D eigenvalue weighted by atomic mass is 35.5. The van der Waals surface area contributed by atoms with Crippen molar-refractivity contribution in [3.8, 4) is 0 Å². The van der Waals surface area contributed by atoms with Crippen LogP contribution in [-0.4, -0.2) is 12.2 Å². The van der Waals surface area contributed by atoms with E-state index in [0.717, 1.165) is 12.0 Å². The van der Waals surface area contributed by atoms with Gasteiger partial charge >= 0.3 is 6.18 Å². The Morgan fingerprint density at radius 3 is 2.24 bits per heavy atom. The lowest BCUT2D eigenvalue weighted by atomic mass is 10.0. The van der Waals surface area contributed by atoms with Gasteiger partial charge in [0.2, 0.25) is 0 Å². The molecule has 1 rings (SSSR count). The minimum absolute atomic E-state index is 0.0168. The summed E-state index contributed by atoms with van der Waals surface area (Å²) in [5, 5.41) is 0.660. The molecule has 0 aromatic heterocycles. The lowest BCUT2D eigenvalue weighted by Crippen LogP contribution is -2.37. The molecule has 2 N–H and O–H groups in total. The summed E-state index contributed by atoms with van der Waals surface area (Å²) in [7, 11) is 0.